The second-order valence-corrected chi connectivity index (χ2v) is 9.60. The lowest BCUT2D eigenvalue weighted by Crippen LogP contribution is -2.34. The number of amides is 2. The Balaban J connectivity index is 1.46. The van der Waals surface area contributed by atoms with Crippen LogP contribution in [-0.4, -0.2) is 40.4 Å². The van der Waals surface area contributed by atoms with E-state index in [0.717, 1.165) is 25.7 Å². The Labute approximate surface area is 188 Å². The van der Waals surface area contributed by atoms with Crippen LogP contribution in [0.25, 0.3) is 0 Å². The number of carbonyl (C=O) groups excluding carboxylic acids is 2. The molecule has 0 radical (unpaired) electrons. The predicted molar refractivity (Wildman–Crippen MR) is 122 cm³/mol. The Morgan fingerprint density at radius 1 is 1.03 bits per heavy atom. The van der Waals surface area contributed by atoms with E-state index in [1.165, 1.54) is 19.2 Å². The smallest absolute Gasteiger partial charge is 0.251 e. The molecule has 172 valence electrons. The summed E-state index contributed by atoms with van der Waals surface area (Å²) >= 11 is 0. The SMILES string of the molecule is COc1ccc(S(=O)(=O)NCCNC(=O)c2ccc(NC(=O)C3CCCC3)cc2)cc1C. The molecule has 3 N–H and O–H groups in total. The molecule has 2 aromatic carbocycles. The van der Waals surface area contributed by atoms with E-state index in [9.17, 15) is 18.0 Å². The van der Waals surface area contributed by atoms with Crippen LogP contribution >= 0.6 is 0 Å². The van der Waals surface area contributed by atoms with Crippen LogP contribution in [-0.2, 0) is 14.8 Å². The topological polar surface area (TPSA) is 114 Å². The summed E-state index contributed by atoms with van der Waals surface area (Å²) in [5, 5.41) is 5.57. The molecule has 2 amide bonds. The van der Waals surface area contributed by atoms with Gasteiger partial charge in [-0.2, -0.15) is 0 Å². The Kier molecular flexibility index (Phi) is 7.87. The standard InChI is InChI=1S/C23H29N3O5S/c1-16-15-20(11-12-21(16)31-2)32(29,30)25-14-13-24-22(27)18-7-9-19(10-8-18)26-23(28)17-5-3-4-6-17/h7-12,15,17,25H,3-6,13-14H2,1-2H3,(H,24,27)(H,26,28). The lowest BCUT2D eigenvalue weighted by molar-refractivity contribution is -0.119. The summed E-state index contributed by atoms with van der Waals surface area (Å²) in [7, 11) is -2.17. The van der Waals surface area contributed by atoms with Gasteiger partial charge < -0.3 is 15.4 Å². The van der Waals surface area contributed by atoms with Crippen molar-refractivity contribution in [3.8, 4) is 5.75 Å². The Bertz CT molecular complexity index is 1060. The first-order valence-electron chi connectivity index (χ1n) is 10.6. The molecule has 9 heteroatoms. The minimum atomic E-state index is -3.69. The molecule has 0 unspecified atom stereocenters. The number of sulfonamides is 1. The number of ether oxygens (including phenoxy) is 1. The molecule has 1 aliphatic carbocycles. The van der Waals surface area contributed by atoms with Gasteiger partial charge >= 0.3 is 0 Å². The quantitative estimate of drug-likeness (QED) is 0.499. The largest absolute Gasteiger partial charge is 0.496 e. The summed E-state index contributed by atoms with van der Waals surface area (Å²) in [6.45, 7) is 1.95. The van der Waals surface area contributed by atoms with E-state index in [1.807, 2.05) is 0 Å². The molecule has 1 fully saturated rings. The molecule has 0 aliphatic heterocycles. The first kappa shape index (κ1) is 23.7. The Morgan fingerprint density at radius 3 is 2.34 bits per heavy atom. The van der Waals surface area contributed by atoms with Crippen LogP contribution in [0.15, 0.2) is 47.4 Å². The molecular formula is C23H29N3O5S. The average Bonchev–Trinajstić information content (AvgIpc) is 3.32. The monoisotopic (exact) mass is 459 g/mol. The number of benzene rings is 2. The molecule has 0 spiro atoms. The highest BCUT2D eigenvalue weighted by Crippen LogP contribution is 2.26. The summed E-state index contributed by atoms with van der Waals surface area (Å²) < 4.78 is 32.5. The second-order valence-electron chi connectivity index (χ2n) is 7.83. The zero-order valence-electron chi connectivity index (χ0n) is 18.3. The lowest BCUT2D eigenvalue weighted by atomic mass is 10.1. The maximum absolute atomic E-state index is 12.4. The van der Waals surface area contributed by atoms with Crippen LogP contribution in [0.3, 0.4) is 0 Å². The first-order valence-corrected chi connectivity index (χ1v) is 12.1. The van der Waals surface area contributed by atoms with Gasteiger partial charge in [0.15, 0.2) is 0 Å². The van der Waals surface area contributed by atoms with Gasteiger partial charge in [0.25, 0.3) is 5.91 Å². The maximum Gasteiger partial charge on any atom is 0.251 e. The van der Waals surface area contributed by atoms with Crippen molar-refractivity contribution in [2.75, 3.05) is 25.5 Å². The summed E-state index contributed by atoms with van der Waals surface area (Å²) in [6, 6.07) is 11.2. The van der Waals surface area contributed by atoms with Crippen molar-refractivity contribution in [2.45, 2.75) is 37.5 Å². The predicted octanol–water partition coefficient (Wildman–Crippen LogP) is 2.84. The number of hydrogen-bond donors (Lipinski definition) is 3. The zero-order valence-corrected chi connectivity index (χ0v) is 19.1. The number of carbonyl (C=O) groups is 2. The van der Waals surface area contributed by atoms with Gasteiger partial charge in [-0.05, 0) is 67.8 Å². The summed E-state index contributed by atoms with van der Waals surface area (Å²) in [6.07, 6.45) is 4.03. The number of anilines is 1. The van der Waals surface area contributed by atoms with E-state index in [0.29, 0.717) is 22.6 Å². The minimum Gasteiger partial charge on any atom is -0.496 e. The maximum atomic E-state index is 12.4. The molecule has 8 nitrogen and oxygen atoms in total. The Morgan fingerprint density at radius 2 is 1.72 bits per heavy atom. The molecule has 1 aliphatic rings. The number of aryl methyl sites for hydroxylation is 1. The van der Waals surface area contributed by atoms with Gasteiger partial charge in [-0.15, -0.1) is 0 Å². The fraction of sp³-hybridized carbons (Fsp3) is 0.391. The Hall–Kier alpha value is -2.91. The molecule has 0 aromatic heterocycles. The third-order valence-corrected chi connectivity index (χ3v) is 6.98. The lowest BCUT2D eigenvalue weighted by Gasteiger charge is -2.11. The van der Waals surface area contributed by atoms with E-state index >= 15 is 0 Å². The van der Waals surface area contributed by atoms with Crippen LogP contribution in [0.4, 0.5) is 5.69 Å². The van der Waals surface area contributed by atoms with Crippen molar-refractivity contribution < 1.29 is 22.7 Å². The van der Waals surface area contributed by atoms with Crippen LogP contribution < -0.4 is 20.1 Å². The van der Waals surface area contributed by atoms with Crippen molar-refractivity contribution in [2.24, 2.45) is 5.92 Å². The highest BCUT2D eigenvalue weighted by atomic mass is 32.2. The first-order chi connectivity index (χ1) is 15.3. The van der Waals surface area contributed by atoms with Gasteiger partial charge in [-0.25, -0.2) is 13.1 Å². The van der Waals surface area contributed by atoms with E-state index in [-0.39, 0.29) is 35.7 Å². The number of nitrogens with one attached hydrogen (secondary N) is 3. The van der Waals surface area contributed by atoms with Crippen molar-refractivity contribution >= 4 is 27.5 Å². The van der Waals surface area contributed by atoms with Crippen LogP contribution in [0.5, 0.6) is 5.75 Å². The third kappa shape index (κ3) is 6.08. The molecule has 0 bridgehead atoms. The minimum absolute atomic E-state index is 0.0269. The molecule has 0 atom stereocenters. The highest BCUT2D eigenvalue weighted by Gasteiger charge is 2.22. The number of hydrogen-bond acceptors (Lipinski definition) is 5. The van der Waals surface area contributed by atoms with Gasteiger partial charge in [-0.1, -0.05) is 12.8 Å². The van der Waals surface area contributed by atoms with Crippen LogP contribution in [0.1, 0.15) is 41.6 Å². The van der Waals surface area contributed by atoms with Gasteiger partial charge in [0.1, 0.15) is 5.75 Å². The van der Waals surface area contributed by atoms with Crippen molar-refractivity contribution in [1.82, 2.24) is 10.0 Å². The van der Waals surface area contributed by atoms with Crippen LogP contribution in [0, 0.1) is 12.8 Å². The van der Waals surface area contributed by atoms with Gasteiger partial charge in [0.05, 0.1) is 12.0 Å². The van der Waals surface area contributed by atoms with Gasteiger partial charge in [0.2, 0.25) is 15.9 Å². The van der Waals surface area contributed by atoms with Crippen molar-refractivity contribution in [1.29, 1.82) is 0 Å². The highest BCUT2D eigenvalue weighted by molar-refractivity contribution is 7.89. The molecule has 0 heterocycles. The average molecular weight is 460 g/mol. The van der Waals surface area contributed by atoms with Crippen molar-refractivity contribution in [3.05, 3.63) is 53.6 Å². The molecule has 2 aromatic rings. The second kappa shape index (κ2) is 10.6. The number of methoxy groups -OCH3 is 1. The molecule has 1 saturated carbocycles. The van der Waals surface area contributed by atoms with E-state index in [2.05, 4.69) is 15.4 Å². The molecule has 0 saturated heterocycles. The normalized spacial score (nSPS) is 14.2. The summed E-state index contributed by atoms with van der Waals surface area (Å²) in [4.78, 5) is 24.6. The summed E-state index contributed by atoms with van der Waals surface area (Å²) in [5.74, 6) is 0.390. The third-order valence-electron chi connectivity index (χ3n) is 5.52. The van der Waals surface area contributed by atoms with E-state index < -0.39 is 10.0 Å². The fourth-order valence-electron chi connectivity index (χ4n) is 3.70. The van der Waals surface area contributed by atoms with Gasteiger partial charge in [-0.3, -0.25) is 9.59 Å². The fourth-order valence-corrected chi connectivity index (χ4v) is 4.82. The molecule has 32 heavy (non-hydrogen) atoms. The van der Waals surface area contributed by atoms with Crippen LogP contribution in [0.2, 0.25) is 0 Å². The molecule has 3 rings (SSSR count). The summed E-state index contributed by atoms with van der Waals surface area (Å²) in [5.41, 5.74) is 1.80. The van der Waals surface area contributed by atoms with Gasteiger partial charge in [0, 0.05) is 30.3 Å². The van der Waals surface area contributed by atoms with E-state index in [1.54, 1.807) is 37.3 Å². The molecular weight excluding hydrogens is 430 g/mol. The van der Waals surface area contributed by atoms with Crippen molar-refractivity contribution in [3.63, 3.8) is 0 Å². The number of rotatable bonds is 9. The van der Waals surface area contributed by atoms with E-state index in [4.69, 9.17) is 4.74 Å². The zero-order chi connectivity index (χ0) is 23.1.